The van der Waals surface area contributed by atoms with Gasteiger partial charge >= 0.3 is 0 Å². The van der Waals surface area contributed by atoms with Crippen molar-refractivity contribution in [3.63, 3.8) is 0 Å². The maximum absolute atomic E-state index is 11.7. The lowest BCUT2D eigenvalue weighted by atomic mass is 10.1. The lowest BCUT2D eigenvalue weighted by molar-refractivity contribution is 0.0911. The van der Waals surface area contributed by atoms with Gasteiger partial charge in [0.2, 0.25) is 0 Å². The van der Waals surface area contributed by atoms with Crippen LogP contribution in [-0.4, -0.2) is 6.43 Å². The molecule has 0 aromatic heterocycles. The number of hydrogen-bond donors (Lipinski definition) is 0. The Kier molecular flexibility index (Phi) is 0.968. The van der Waals surface area contributed by atoms with Gasteiger partial charge in [-0.15, -0.1) is 0 Å². The van der Waals surface area contributed by atoms with E-state index in [2.05, 4.69) is 0 Å². The number of alkyl halides is 2. The van der Waals surface area contributed by atoms with Crippen LogP contribution in [0.25, 0.3) is 0 Å². The predicted molar refractivity (Wildman–Crippen MR) is 23.3 cm³/mol. The standard InChI is InChI=1S/C5H5F2N/c6-4(7)5(3-8)1-2-5/h4H,1-2H2. The van der Waals surface area contributed by atoms with Gasteiger partial charge in [-0.25, -0.2) is 8.78 Å². The second kappa shape index (κ2) is 1.41. The Morgan fingerprint density at radius 1 is 1.50 bits per heavy atom. The van der Waals surface area contributed by atoms with Gasteiger partial charge in [-0.2, -0.15) is 5.26 Å². The van der Waals surface area contributed by atoms with Crippen LogP contribution in [0.3, 0.4) is 0 Å². The van der Waals surface area contributed by atoms with Gasteiger partial charge in [-0.3, -0.25) is 0 Å². The molecular weight excluding hydrogens is 112 g/mol. The van der Waals surface area contributed by atoms with Gasteiger partial charge in [0.05, 0.1) is 6.07 Å². The molecule has 1 saturated carbocycles. The highest BCUT2D eigenvalue weighted by Crippen LogP contribution is 2.49. The van der Waals surface area contributed by atoms with E-state index in [1.807, 2.05) is 0 Å². The zero-order valence-corrected chi connectivity index (χ0v) is 4.19. The smallest absolute Gasteiger partial charge is 0.209 e. The molecule has 3 heteroatoms. The van der Waals surface area contributed by atoms with Crippen molar-refractivity contribution in [1.29, 1.82) is 5.26 Å². The molecular formula is C5H5F2N. The molecule has 1 fully saturated rings. The summed E-state index contributed by atoms with van der Waals surface area (Å²) in [5.41, 5.74) is -1.24. The van der Waals surface area contributed by atoms with Gasteiger partial charge in [0.25, 0.3) is 6.43 Å². The molecule has 1 nitrogen and oxygen atoms in total. The van der Waals surface area contributed by atoms with Gasteiger partial charge in [0.1, 0.15) is 5.41 Å². The van der Waals surface area contributed by atoms with Gasteiger partial charge in [-0.05, 0) is 12.8 Å². The Labute approximate surface area is 45.9 Å². The van der Waals surface area contributed by atoms with Crippen LogP contribution in [0.1, 0.15) is 12.8 Å². The average Bonchev–Trinajstić information content (AvgIpc) is 2.44. The third-order valence-electron chi connectivity index (χ3n) is 1.43. The maximum Gasteiger partial charge on any atom is 0.257 e. The quantitative estimate of drug-likeness (QED) is 0.511. The van der Waals surface area contributed by atoms with Gasteiger partial charge in [0.15, 0.2) is 0 Å². The Morgan fingerprint density at radius 2 is 2.00 bits per heavy atom. The topological polar surface area (TPSA) is 23.8 Å². The van der Waals surface area contributed by atoms with Crippen LogP contribution in [-0.2, 0) is 0 Å². The number of halogens is 2. The van der Waals surface area contributed by atoms with Crippen molar-refractivity contribution in [3.8, 4) is 6.07 Å². The Hall–Kier alpha value is -0.650. The van der Waals surface area contributed by atoms with Crippen LogP contribution < -0.4 is 0 Å². The molecule has 0 aliphatic heterocycles. The van der Waals surface area contributed by atoms with E-state index in [-0.39, 0.29) is 0 Å². The predicted octanol–water partition coefficient (Wildman–Crippen LogP) is 1.56. The van der Waals surface area contributed by atoms with Crippen molar-refractivity contribution in [3.05, 3.63) is 0 Å². The second-order valence-corrected chi connectivity index (χ2v) is 2.07. The van der Waals surface area contributed by atoms with E-state index in [1.165, 1.54) is 0 Å². The molecule has 0 heterocycles. The first-order valence-electron chi connectivity index (χ1n) is 2.41. The van der Waals surface area contributed by atoms with Crippen LogP contribution in [0.5, 0.6) is 0 Å². The summed E-state index contributed by atoms with van der Waals surface area (Å²) in [6.45, 7) is 0. The largest absolute Gasteiger partial charge is 0.257 e. The van der Waals surface area contributed by atoms with Crippen molar-refractivity contribution in [2.24, 2.45) is 5.41 Å². The first-order valence-corrected chi connectivity index (χ1v) is 2.41. The molecule has 0 spiro atoms. The van der Waals surface area contributed by atoms with Crippen molar-refractivity contribution in [2.45, 2.75) is 19.3 Å². The van der Waals surface area contributed by atoms with Crippen LogP contribution in [0.15, 0.2) is 0 Å². The van der Waals surface area contributed by atoms with E-state index >= 15 is 0 Å². The number of hydrogen-bond acceptors (Lipinski definition) is 1. The lowest BCUT2D eigenvalue weighted by Crippen LogP contribution is -2.08. The maximum atomic E-state index is 11.7. The molecule has 1 aliphatic rings. The Bertz CT molecular complexity index is 132. The molecule has 0 amide bonds. The molecule has 8 heavy (non-hydrogen) atoms. The van der Waals surface area contributed by atoms with Crippen LogP contribution in [0.2, 0.25) is 0 Å². The monoisotopic (exact) mass is 117 g/mol. The van der Waals surface area contributed by atoms with Crippen molar-refractivity contribution in [1.82, 2.24) is 0 Å². The normalized spacial score (nSPS) is 22.8. The van der Waals surface area contributed by atoms with Crippen LogP contribution in [0.4, 0.5) is 8.78 Å². The highest BCUT2D eigenvalue weighted by atomic mass is 19.3. The van der Waals surface area contributed by atoms with E-state index in [0.717, 1.165) is 0 Å². The molecule has 0 aromatic carbocycles. The second-order valence-electron chi connectivity index (χ2n) is 2.07. The molecule has 44 valence electrons. The fourth-order valence-electron chi connectivity index (χ4n) is 0.513. The van der Waals surface area contributed by atoms with Gasteiger partial charge < -0.3 is 0 Å². The number of rotatable bonds is 1. The molecule has 0 radical (unpaired) electrons. The lowest BCUT2D eigenvalue weighted by Gasteiger charge is -1.99. The zero-order valence-electron chi connectivity index (χ0n) is 4.19. The minimum Gasteiger partial charge on any atom is -0.209 e. The summed E-state index contributed by atoms with van der Waals surface area (Å²) in [5.74, 6) is 0. The molecule has 0 saturated heterocycles. The molecule has 0 aromatic rings. The summed E-state index contributed by atoms with van der Waals surface area (Å²) in [6, 6.07) is 1.60. The summed E-state index contributed by atoms with van der Waals surface area (Å²) < 4.78 is 23.3. The molecule has 0 N–H and O–H groups in total. The molecule has 0 atom stereocenters. The summed E-state index contributed by atoms with van der Waals surface area (Å²) in [7, 11) is 0. The van der Waals surface area contributed by atoms with Crippen molar-refractivity contribution < 1.29 is 8.78 Å². The Balaban J connectivity index is 2.57. The fourth-order valence-corrected chi connectivity index (χ4v) is 0.513. The molecule has 0 bridgehead atoms. The first-order chi connectivity index (χ1) is 3.71. The SMILES string of the molecule is N#CC1(C(F)F)CC1. The number of nitrogens with zero attached hydrogens (tertiary/aromatic N) is 1. The molecule has 0 unspecified atom stereocenters. The van der Waals surface area contributed by atoms with Crippen LogP contribution in [0, 0.1) is 16.7 Å². The first kappa shape index (κ1) is 5.49. The van der Waals surface area contributed by atoms with E-state index in [4.69, 9.17) is 5.26 Å². The third-order valence-corrected chi connectivity index (χ3v) is 1.43. The Morgan fingerprint density at radius 3 is 2.00 bits per heavy atom. The third kappa shape index (κ3) is 0.568. The average molecular weight is 117 g/mol. The summed E-state index contributed by atoms with van der Waals surface area (Å²) in [5, 5.41) is 8.10. The van der Waals surface area contributed by atoms with Crippen molar-refractivity contribution in [2.75, 3.05) is 0 Å². The fraction of sp³-hybridized carbons (Fsp3) is 0.800. The number of nitriles is 1. The highest BCUT2D eigenvalue weighted by molar-refractivity contribution is 5.11. The summed E-state index contributed by atoms with van der Waals surface area (Å²) in [4.78, 5) is 0. The van der Waals surface area contributed by atoms with Gasteiger partial charge in [-0.1, -0.05) is 0 Å². The zero-order chi connectivity index (χ0) is 6.20. The highest BCUT2D eigenvalue weighted by Gasteiger charge is 2.51. The molecule has 1 rings (SSSR count). The van der Waals surface area contributed by atoms with Gasteiger partial charge in [0, 0.05) is 0 Å². The van der Waals surface area contributed by atoms with E-state index in [9.17, 15) is 8.78 Å². The minimum atomic E-state index is -2.44. The van der Waals surface area contributed by atoms with E-state index < -0.39 is 11.8 Å². The van der Waals surface area contributed by atoms with Crippen molar-refractivity contribution >= 4 is 0 Å². The van der Waals surface area contributed by atoms with E-state index in [1.54, 1.807) is 6.07 Å². The molecule has 1 aliphatic carbocycles. The summed E-state index contributed by atoms with van der Waals surface area (Å²) in [6.07, 6.45) is -1.69. The van der Waals surface area contributed by atoms with E-state index in [0.29, 0.717) is 12.8 Å². The minimum absolute atomic E-state index is 0.376. The summed E-state index contributed by atoms with van der Waals surface area (Å²) >= 11 is 0. The van der Waals surface area contributed by atoms with Crippen LogP contribution >= 0.6 is 0 Å².